The summed E-state index contributed by atoms with van der Waals surface area (Å²) in [5, 5.41) is 10.0. The van der Waals surface area contributed by atoms with E-state index in [0.29, 0.717) is 19.3 Å². The molecule has 2 rings (SSSR count). The van der Waals surface area contributed by atoms with Crippen LogP contribution in [-0.4, -0.2) is 41.8 Å². The van der Waals surface area contributed by atoms with Crippen LogP contribution in [0.4, 0.5) is 0 Å². The molecule has 3 nitrogen and oxygen atoms in total. The van der Waals surface area contributed by atoms with Crippen LogP contribution in [-0.2, 0) is 11.3 Å². The Balaban J connectivity index is 1.65. The van der Waals surface area contributed by atoms with Crippen LogP contribution in [0.1, 0.15) is 31.7 Å². The van der Waals surface area contributed by atoms with E-state index in [1.807, 2.05) is 30.3 Å². The summed E-state index contributed by atoms with van der Waals surface area (Å²) in [5.74, 6) is 0. The number of rotatable bonds is 6. The summed E-state index contributed by atoms with van der Waals surface area (Å²) in [6.45, 7) is 5.08. The summed E-state index contributed by atoms with van der Waals surface area (Å²) in [5.41, 5.74) is 1.15. The molecule has 1 aliphatic rings. The molecule has 0 spiro atoms. The minimum Gasteiger partial charge on any atom is -0.389 e. The molecule has 19 heavy (non-hydrogen) atoms. The van der Waals surface area contributed by atoms with Gasteiger partial charge in [0.2, 0.25) is 0 Å². The van der Waals surface area contributed by atoms with Gasteiger partial charge >= 0.3 is 0 Å². The zero-order valence-corrected chi connectivity index (χ0v) is 11.8. The molecule has 0 amide bonds. The summed E-state index contributed by atoms with van der Waals surface area (Å²) in [6.07, 6.45) is 3.43. The second-order valence-corrected chi connectivity index (χ2v) is 5.49. The summed E-state index contributed by atoms with van der Waals surface area (Å²) in [7, 11) is 0. The summed E-state index contributed by atoms with van der Waals surface area (Å²) in [6, 6.07) is 10.7. The van der Waals surface area contributed by atoms with Crippen molar-refractivity contribution in [3.05, 3.63) is 35.9 Å². The number of piperidine rings is 1. The fourth-order valence-electron chi connectivity index (χ4n) is 2.64. The number of aliphatic hydroxyl groups excluding tert-OH is 1. The Bertz CT molecular complexity index is 355. The van der Waals surface area contributed by atoms with Crippen molar-refractivity contribution in [3.63, 3.8) is 0 Å². The molecule has 1 heterocycles. The van der Waals surface area contributed by atoms with Crippen LogP contribution in [0.15, 0.2) is 30.3 Å². The third kappa shape index (κ3) is 4.94. The predicted molar refractivity (Wildman–Crippen MR) is 77.0 cm³/mol. The van der Waals surface area contributed by atoms with Gasteiger partial charge in [-0.3, -0.25) is 4.90 Å². The van der Waals surface area contributed by atoms with Gasteiger partial charge in [0, 0.05) is 12.6 Å². The predicted octanol–water partition coefficient (Wildman–Crippen LogP) is 2.44. The number of hydrogen-bond donors (Lipinski definition) is 1. The van der Waals surface area contributed by atoms with Gasteiger partial charge < -0.3 is 9.84 Å². The second-order valence-electron chi connectivity index (χ2n) is 5.49. The molecule has 0 unspecified atom stereocenters. The Labute approximate surface area is 116 Å². The van der Waals surface area contributed by atoms with Crippen LogP contribution in [0.25, 0.3) is 0 Å². The molecular weight excluding hydrogens is 238 g/mol. The number of aliphatic hydroxyl groups is 1. The second kappa shape index (κ2) is 7.63. The van der Waals surface area contributed by atoms with Crippen LogP contribution in [0.3, 0.4) is 0 Å². The van der Waals surface area contributed by atoms with Crippen molar-refractivity contribution in [2.45, 2.75) is 44.9 Å². The molecule has 3 heteroatoms. The highest BCUT2D eigenvalue weighted by Crippen LogP contribution is 2.16. The van der Waals surface area contributed by atoms with E-state index >= 15 is 0 Å². The van der Waals surface area contributed by atoms with Crippen LogP contribution in [0, 0.1) is 0 Å². The molecule has 0 aromatic heterocycles. The molecule has 1 aromatic rings. The van der Waals surface area contributed by atoms with E-state index in [-0.39, 0.29) is 6.10 Å². The molecular formula is C16H25NO2. The highest BCUT2D eigenvalue weighted by atomic mass is 16.5. The molecule has 0 aliphatic carbocycles. The quantitative estimate of drug-likeness (QED) is 0.855. The van der Waals surface area contributed by atoms with Gasteiger partial charge in [-0.25, -0.2) is 0 Å². The smallest absolute Gasteiger partial charge is 0.0900 e. The minimum atomic E-state index is -0.385. The SMILES string of the molecule is C[C@@H]1CCCCN1C[C@@H](O)COCc1ccccc1. The third-order valence-corrected chi connectivity index (χ3v) is 3.81. The van der Waals surface area contributed by atoms with Crippen LogP contribution in [0.2, 0.25) is 0 Å². The molecule has 1 saturated heterocycles. The largest absolute Gasteiger partial charge is 0.389 e. The van der Waals surface area contributed by atoms with E-state index in [4.69, 9.17) is 4.74 Å². The maximum Gasteiger partial charge on any atom is 0.0900 e. The van der Waals surface area contributed by atoms with Gasteiger partial charge in [-0.15, -0.1) is 0 Å². The molecule has 1 aliphatic heterocycles. The molecule has 1 aromatic carbocycles. The number of hydrogen-bond acceptors (Lipinski definition) is 3. The van der Waals surface area contributed by atoms with Crippen molar-refractivity contribution < 1.29 is 9.84 Å². The van der Waals surface area contributed by atoms with Crippen molar-refractivity contribution in [3.8, 4) is 0 Å². The lowest BCUT2D eigenvalue weighted by molar-refractivity contribution is -0.00139. The van der Waals surface area contributed by atoms with Crippen molar-refractivity contribution in [2.24, 2.45) is 0 Å². The number of likely N-dealkylation sites (tertiary alicyclic amines) is 1. The number of ether oxygens (including phenoxy) is 1. The standard InChI is InChI=1S/C16H25NO2/c1-14-7-5-6-10-17(14)11-16(18)13-19-12-15-8-3-2-4-9-15/h2-4,8-9,14,16,18H,5-7,10-13H2,1H3/t14-,16-/m1/s1. The zero-order valence-electron chi connectivity index (χ0n) is 11.8. The Morgan fingerprint density at radius 1 is 1.32 bits per heavy atom. The highest BCUT2D eigenvalue weighted by Gasteiger charge is 2.20. The van der Waals surface area contributed by atoms with Gasteiger partial charge in [-0.1, -0.05) is 36.8 Å². The monoisotopic (exact) mass is 263 g/mol. The van der Waals surface area contributed by atoms with E-state index < -0.39 is 0 Å². The van der Waals surface area contributed by atoms with Gasteiger partial charge in [0.1, 0.15) is 0 Å². The van der Waals surface area contributed by atoms with E-state index in [2.05, 4.69) is 11.8 Å². The molecule has 1 N–H and O–H groups in total. The fourth-order valence-corrected chi connectivity index (χ4v) is 2.64. The first-order valence-corrected chi connectivity index (χ1v) is 7.29. The normalized spacial score (nSPS) is 22.3. The summed E-state index contributed by atoms with van der Waals surface area (Å²) in [4.78, 5) is 2.38. The van der Waals surface area contributed by atoms with Crippen molar-refractivity contribution in [2.75, 3.05) is 19.7 Å². The first-order valence-electron chi connectivity index (χ1n) is 7.29. The number of benzene rings is 1. The van der Waals surface area contributed by atoms with Gasteiger partial charge in [-0.2, -0.15) is 0 Å². The van der Waals surface area contributed by atoms with Gasteiger partial charge in [-0.05, 0) is 31.9 Å². The lowest BCUT2D eigenvalue weighted by Gasteiger charge is -2.34. The Kier molecular flexibility index (Phi) is 5.83. The molecule has 2 atom stereocenters. The fraction of sp³-hybridized carbons (Fsp3) is 0.625. The van der Waals surface area contributed by atoms with Crippen LogP contribution < -0.4 is 0 Å². The lowest BCUT2D eigenvalue weighted by atomic mass is 10.0. The van der Waals surface area contributed by atoms with Crippen molar-refractivity contribution in [1.82, 2.24) is 4.90 Å². The molecule has 0 bridgehead atoms. The number of nitrogens with zero attached hydrogens (tertiary/aromatic N) is 1. The Hall–Kier alpha value is -0.900. The van der Waals surface area contributed by atoms with E-state index in [0.717, 1.165) is 18.7 Å². The first kappa shape index (κ1) is 14.5. The summed E-state index contributed by atoms with van der Waals surface area (Å²) >= 11 is 0. The highest BCUT2D eigenvalue weighted by molar-refractivity contribution is 5.13. The van der Waals surface area contributed by atoms with Gasteiger partial charge in [0.05, 0.1) is 19.3 Å². The van der Waals surface area contributed by atoms with Crippen LogP contribution >= 0.6 is 0 Å². The molecule has 106 valence electrons. The van der Waals surface area contributed by atoms with E-state index in [1.165, 1.54) is 19.3 Å². The van der Waals surface area contributed by atoms with E-state index in [9.17, 15) is 5.11 Å². The molecule has 0 radical (unpaired) electrons. The lowest BCUT2D eigenvalue weighted by Crippen LogP contribution is -2.43. The van der Waals surface area contributed by atoms with Gasteiger partial charge in [0.15, 0.2) is 0 Å². The molecule has 0 saturated carbocycles. The third-order valence-electron chi connectivity index (χ3n) is 3.81. The minimum absolute atomic E-state index is 0.385. The first-order chi connectivity index (χ1) is 9.25. The maximum absolute atomic E-state index is 10.0. The van der Waals surface area contributed by atoms with E-state index in [1.54, 1.807) is 0 Å². The average Bonchev–Trinajstić information content (AvgIpc) is 2.43. The average molecular weight is 263 g/mol. The zero-order chi connectivity index (χ0) is 13.5. The van der Waals surface area contributed by atoms with Gasteiger partial charge in [0.25, 0.3) is 0 Å². The van der Waals surface area contributed by atoms with Crippen LogP contribution in [0.5, 0.6) is 0 Å². The topological polar surface area (TPSA) is 32.7 Å². The molecule has 1 fully saturated rings. The summed E-state index contributed by atoms with van der Waals surface area (Å²) < 4.78 is 5.58. The Morgan fingerprint density at radius 2 is 2.11 bits per heavy atom. The van der Waals surface area contributed by atoms with Crippen molar-refractivity contribution >= 4 is 0 Å². The Morgan fingerprint density at radius 3 is 2.84 bits per heavy atom. The van der Waals surface area contributed by atoms with Crippen molar-refractivity contribution in [1.29, 1.82) is 0 Å². The number of β-amino-alcohol motifs (C(OH)–C–C–N with tert-alkyl or cyclic N) is 1. The maximum atomic E-state index is 10.0.